The lowest BCUT2D eigenvalue weighted by Gasteiger charge is -2.06. The van der Waals surface area contributed by atoms with E-state index in [1.807, 2.05) is 35.1 Å². The van der Waals surface area contributed by atoms with Gasteiger partial charge in [-0.2, -0.15) is 0 Å². The van der Waals surface area contributed by atoms with E-state index in [1.54, 1.807) is 6.20 Å². The second-order valence-corrected chi connectivity index (χ2v) is 7.36. The SMILES string of the molecule is Fc1cc(/C=C/c2nc(COc3ccc(CCCCn4ccnn4)cc3)co2)cc(F)c1F. The summed E-state index contributed by atoms with van der Waals surface area (Å²) < 4.78 is 52.4. The standard InChI is InChI=1S/C24H21F3N4O2/c25-21-13-18(14-22(26)24(21)27)6-9-23-29-19(16-33-23)15-32-20-7-4-17(5-8-20)3-1-2-11-31-12-10-28-30-31/h4-10,12-14,16H,1-3,11,15H2/b9-6+. The Bertz CT molecular complexity index is 1180. The van der Waals surface area contributed by atoms with Crippen LogP contribution in [0.2, 0.25) is 0 Å². The lowest BCUT2D eigenvalue weighted by atomic mass is 10.1. The highest BCUT2D eigenvalue weighted by Gasteiger charge is 2.09. The number of hydrogen-bond donors (Lipinski definition) is 0. The van der Waals surface area contributed by atoms with E-state index in [9.17, 15) is 13.2 Å². The summed E-state index contributed by atoms with van der Waals surface area (Å²) in [5, 5.41) is 7.74. The van der Waals surface area contributed by atoms with Crippen molar-refractivity contribution in [2.75, 3.05) is 0 Å². The molecule has 2 aromatic heterocycles. The van der Waals surface area contributed by atoms with Crippen molar-refractivity contribution >= 4 is 12.2 Å². The number of hydrogen-bond acceptors (Lipinski definition) is 5. The number of oxazole rings is 1. The first kappa shape index (κ1) is 22.3. The molecule has 0 spiro atoms. The third-order valence-corrected chi connectivity index (χ3v) is 4.88. The van der Waals surface area contributed by atoms with Crippen molar-refractivity contribution in [3.63, 3.8) is 0 Å². The maximum Gasteiger partial charge on any atom is 0.218 e. The summed E-state index contributed by atoms with van der Waals surface area (Å²) in [7, 11) is 0. The summed E-state index contributed by atoms with van der Waals surface area (Å²) in [6.45, 7) is 1.06. The van der Waals surface area contributed by atoms with Crippen LogP contribution < -0.4 is 4.74 Å². The van der Waals surface area contributed by atoms with Gasteiger partial charge < -0.3 is 9.15 Å². The first-order valence-electron chi connectivity index (χ1n) is 10.4. The van der Waals surface area contributed by atoms with Crippen LogP contribution in [-0.2, 0) is 19.6 Å². The highest BCUT2D eigenvalue weighted by molar-refractivity contribution is 5.66. The molecule has 0 saturated carbocycles. The van der Waals surface area contributed by atoms with Gasteiger partial charge in [0, 0.05) is 18.8 Å². The van der Waals surface area contributed by atoms with Crippen molar-refractivity contribution in [2.45, 2.75) is 32.4 Å². The fraction of sp³-hybridized carbons (Fsp3) is 0.208. The van der Waals surface area contributed by atoms with E-state index in [0.29, 0.717) is 11.4 Å². The number of halogens is 3. The lowest BCUT2D eigenvalue weighted by Crippen LogP contribution is -1.99. The topological polar surface area (TPSA) is 66.0 Å². The highest BCUT2D eigenvalue weighted by atomic mass is 19.2. The van der Waals surface area contributed by atoms with Gasteiger partial charge in [-0.05, 0) is 60.7 Å². The van der Waals surface area contributed by atoms with Crippen molar-refractivity contribution in [2.24, 2.45) is 0 Å². The second-order valence-electron chi connectivity index (χ2n) is 7.36. The fourth-order valence-corrected chi connectivity index (χ4v) is 3.17. The molecule has 2 aromatic carbocycles. The first-order chi connectivity index (χ1) is 16.1. The van der Waals surface area contributed by atoms with Crippen LogP contribution in [-0.4, -0.2) is 20.0 Å². The monoisotopic (exact) mass is 454 g/mol. The zero-order chi connectivity index (χ0) is 23.0. The van der Waals surface area contributed by atoms with Gasteiger partial charge in [-0.3, -0.25) is 4.68 Å². The smallest absolute Gasteiger partial charge is 0.218 e. The van der Waals surface area contributed by atoms with Crippen LogP contribution >= 0.6 is 0 Å². The van der Waals surface area contributed by atoms with Crippen molar-refractivity contribution in [3.05, 3.63) is 95.2 Å². The molecule has 0 aliphatic rings. The summed E-state index contributed by atoms with van der Waals surface area (Å²) in [5.74, 6) is -3.07. The number of ether oxygens (including phenoxy) is 1. The number of rotatable bonds is 10. The van der Waals surface area contributed by atoms with E-state index < -0.39 is 17.5 Å². The Hall–Kier alpha value is -3.88. The van der Waals surface area contributed by atoms with Gasteiger partial charge in [0.2, 0.25) is 5.89 Å². The van der Waals surface area contributed by atoms with Crippen LogP contribution in [0, 0.1) is 17.5 Å². The van der Waals surface area contributed by atoms with E-state index in [-0.39, 0.29) is 18.1 Å². The Morgan fingerprint density at radius 3 is 2.52 bits per heavy atom. The van der Waals surface area contributed by atoms with E-state index in [1.165, 1.54) is 24.0 Å². The summed E-state index contributed by atoms with van der Waals surface area (Å²) in [5.41, 5.74) is 1.94. The molecule has 9 heteroatoms. The Morgan fingerprint density at radius 2 is 1.79 bits per heavy atom. The highest BCUT2D eigenvalue weighted by Crippen LogP contribution is 2.18. The fourth-order valence-electron chi connectivity index (χ4n) is 3.17. The minimum atomic E-state index is -1.50. The van der Waals surface area contributed by atoms with Gasteiger partial charge in [0.05, 0.1) is 6.20 Å². The van der Waals surface area contributed by atoms with Crippen molar-refractivity contribution in [3.8, 4) is 5.75 Å². The Kier molecular flexibility index (Phi) is 7.19. The van der Waals surface area contributed by atoms with Crippen LogP contribution in [0.3, 0.4) is 0 Å². The second kappa shape index (κ2) is 10.6. The minimum absolute atomic E-state index is 0.154. The van der Waals surface area contributed by atoms with Gasteiger partial charge >= 0.3 is 0 Å². The molecule has 33 heavy (non-hydrogen) atoms. The first-order valence-corrected chi connectivity index (χ1v) is 10.4. The molecule has 0 N–H and O–H groups in total. The number of aryl methyl sites for hydroxylation is 2. The number of benzene rings is 2. The number of nitrogens with zero attached hydrogens (tertiary/aromatic N) is 4. The number of aromatic nitrogens is 4. The van der Waals surface area contributed by atoms with Gasteiger partial charge in [-0.1, -0.05) is 17.3 Å². The van der Waals surface area contributed by atoms with Crippen LogP contribution in [0.5, 0.6) is 5.75 Å². The predicted octanol–water partition coefficient (Wildman–Crippen LogP) is 5.46. The maximum absolute atomic E-state index is 13.3. The zero-order valence-corrected chi connectivity index (χ0v) is 17.6. The van der Waals surface area contributed by atoms with Gasteiger partial charge in [-0.15, -0.1) is 5.10 Å². The molecule has 6 nitrogen and oxygen atoms in total. The zero-order valence-electron chi connectivity index (χ0n) is 17.6. The van der Waals surface area contributed by atoms with Gasteiger partial charge in [0.25, 0.3) is 0 Å². The lowest BCUT2D eigenvalue weighted by molar-refractivity contribution is 0.301. The third-order valence-electron chi connectivity index (χ3n) is 4.88. The molecule has 0 amide bonds. The molecule has 0 bridgehead atoms. The molecule has 0 fully saturated rings. The molecular formula is C24H21F3N4O2. The van der Waals surface area contributed by atoms with Gasteiger partial charge in [-0.25, -0.2) is 18.2 Å². The van der Waals surface area contributed by atoms with Crippen molar-refractivity contribution in [1.82, 2.24) is 20.0 Å². The Balaban J connectivity index is 1.23. The molecular weight excluding hydrogens is 433 g/mol. The van der Waals surface area contributed by atoms with E-state index >= 15 is 0 Å². The van der Waals surface area contributed by atoms with E-state index in [0.717, 1.165) is 37.9 Å². The average molecular weight is 454 g/mol. The maximum atomic E-state index is 13.3. The molecule has 0 aliphatic carbocycles. The summed E-state index contributed by atoms with van der Waals surface area (Å²) in [4.78, 5) is 4.24. The minimum Gasteiger partial charge on any atom is -0.487 e. The summed E-state index contributed by atoms with van der Waals surface area (Å²) in [6, 6.07) is 9.66. The normalized spacial score (nSPS) is 11.4. The van der Waals surface area contributed by atoms with Gasteiger partial charge in [0.15, 0.2) is 17.5 Å². The average Bonchev–Trinajstić information content (AvgIpc) is 3.50. The van der Waals surface area contributed by atoms with Crippen molar-refractivity contribution in [1.29, 1.82) is 0 Å². The van der Waals surface area contributed by atoms with Crippen LogP contribution in [0.25, 0.3) is 12.2 Å². The van der Waals surface area contributed by atoms with Gasteiger partial charge in [0.1, 0.15) is 24.3 Å². The van der Waals surface area contributed by atoms with Crippen molar-refractivity contribution < 1.29 is 22.3 Å². The quantitative estimate of drug-likeness (QED) is 0.235. The third kappa shape index (κ3) is 6.31. The molecule has 170 valence electrons. The molecule has 2 heterocycles. The molecule has 0 atom stereocenters. The summed E-state index contributed by atoms with van der Waals surface area (Å²) >= 11 is 0. The van der Waals surface area contributed by atoms with Crippen LogP contribution in [0.1, 0.15) is 35.6 Å². The molecule has 0 aliphatic heterocycles. The van der Waals surface area contributed by atoms with Crippen LogP contribution in [0.4, 0.5) is 13.2 Å². The van der Waals surface area contributed by atoms with E-state index in [4.69, 9.17) is 9.15 Å². The molecule has 0 radical (unpaired) electrons. The Labute approximate surface area is 188 Å². The van der Waals surface area contributed by atoms with E-state index in [2.05, 4.69) is 15.3 Å². The molecule has 0 unspecified atom stereocenters. The Morgan fingerprint density at radius 1 is 1.00 bits per heavy atom. The largest absolute Gasteiger partial charge is 0.487 e. The molecule has 0 saturated heterocycles. The molecule has 4 aromatic rings. The summed E-state index contributed by atoms with van der Waals surface area (Å²) in [6.07, 6.45) is 10.8. The van der Waals surface area contributed by atoms with Crippen LogP contribution in [0.15, 0.2) is 59.5 Å². The molecule has 4 rings (SSSR count). The number of unbranched alkanes of at least 4 members (excludes halogenated alkanes) is 1. The predicted molar refractivity (Wildman–Crippen MR) is 115 cm³/mol.